The number of carbonyl (C=O) groups is 2. The van der Waals surface area contributed by atoms with Crippen LogP contribution in [0.2, 0.25) is 10.0 Å². The molecule has 4 rings (SSSR count). The van der Waals surface area contributed by atoms with Crippen LogP contribution in [0.25, 0.3) is 0 Å². The first-order valence-corrected chi connectivity index (χ1v) is 18.4. The number of nitrogens with one attached hydrogen (secondary N) is 1. The zero-order valence-corrected chi connectivity index (χ0v) is 33.2. The number of hydrogen-bond donors (Lipinski definition) is 5. The molecule has 11 heteroatoms. The van der Waals surface area contributed by atoms with Crippen LogP contribution in [0.4, 0.5) is 0 Å². The molecule has 53 heavy (non-hydrogen) atoms. The second kappa shape index (κ2) is 23.5. The number of phenolic OH excluding ortho intramolecular Hbond substituents is 2. The molecule has 0 aliphatic carbocycles. The van der Waals surface area contributed by atoms with Gasteiger partial charge in [0.1, 0.15) is 11.5 Å². The van der Waals surface area contributed by atoms with E-state index in [9.17, 15) is 19.8 Å². The van der Waals surface area contributed by atoms with Gasteiger partial charge in [0.15, 0.2) is 0 Å². The minimum absolute atomic E-state index is 0.0527. The van der Waals surface area contributed by atoms with Crippen molar-refractivity contribution in [3.8, 4) is 11.5 Å². The molecule has 4 atom stereocenters. The van der Waals surface area contributed by atoms with Crippen LogP contribution in [0.5, 0.6) is 11.5 Å². The number of amides is 1. The van der Waals surface area contributed by atoms with Crippen LogP contribution >= 0.6 is 23.2 Å². The molecule has 4 aromatic rings. The molecule has 1 amide bonds. The lowest BCUT2D eigenvalue weighted by Gasteiger charge is -2.25. The molecular formula is C42H56Cl2N4O5. The lowest BCUT2D eigenvalue weighted by molar-refractivity contribution is -0.137. The summed E-state index contributed by atoms with van der Waals surface area (Å²) in [6.07, 6.45) is 2.24. The Hall–Kier alpha value is -4.12. The first-order chi connectivity index (χ1) is 25.1. The van der Waals surface area contributed by atoms with Crippen molar-refractivity contribution in [2.24, 2.45) is 5.73 Å². The van der Waals surface area contributed by atoms with Crippen LogP contribution in [0, 0.1) is 0 Å². The normalized spacial score (nSPS) is 13.1. The number of hydrogen-bond acceptors (Lipinski definition) is 7. The summed E-state index contributed by atoms with van der Waals surface area (Å²) in [6, 6.07) is 30.7. The average Bonchev–Trinajstić information content (AvgIpc) is 3.12. The van der Waals surface area contributed by atoms with E-state index in [4.69, 9.17) is 34.0 Å². The second-order valence-electron chi connectivity index (χ2n) is 13.7. The molecule has 0 unspecified atom stereocenters. The van der Waals surface area contributed by atoms with Gasteiger partial charge in [-0.25, -0.2) is 0 Å². The summed E-state index contributed by atoms with van der Waals surface area (Å²) >= 11 is 11.8. The van der Waals surface area contributed by atoms with Crippen molar-refractivity contribution in [1.29, 1.82) is 0 Å². The number of halogens is 2. The Morgan fingerprint density at radius 2 is 1.09 bits per heavy atom. The van der Waals surface area contributed by atoms with Gasteiger partial charge in [0.2, 0.25) is 5.91 Å². The highest BCUT2D eigenvalue weighted by molar-refractivity contribution is 6.32. The zero-order chi connectivity index (χ0) is 39.5. The second-order valence-corrected chi connectivity index (χ2v) is 14.5. The highest BCUT2D eigenvalue weighted by Crippen LogP contribution is 2.26. The molecule has 0 saturated carbocycles. The summed E-state index contributed by atoms with van der Waals surface area (Å²) < 4.78 is 0. The van der Waals surface area contributed by atoms with Crippen LogP contribution in [0.15, 0.2) is 97.1 Å². The maximum Gasteiger partial charge on any atom is 0.303 e. The van der Waals surface area contributed by atoms with Crippen molar-refractivity contribution < 1.29 is 24.9 Å². The minimum atomic E-state index is -0.744. The maximum absolute atomic E-state index is 12.3. The monoisotopic (exact) mass is 766 g/mol. The molecular weight excluding hydrogens is 711 g/mol. The van der Waals surface area contributed by atoms with Crippen molar-refractivity contribution >= 4 is 35.1 Å². The molecule has 0 bridgehead atoms. The van der Waals surface area contributed by atoms with E-state index in [0.717, 1.165) is 29.5 Å². The molecule has 6 N–H and O–H groups in total. The lowest BCUT2D eigenvalue weighted by Crippen LogP contribution is -2.41. The van der Waals surface area contributed by atoms with Crippen LogP contribution in [0.1, 0.15) is 60.8 Å². The van der Waals surface area contributed by atoms with E-state index in [1.54, 1.807) is 24.3 Å². The number of benzene rings is 4. The molecule has 0 fully saturated rings. The van der Waals surface area contributed by atoms with Crippen LogP contribution < -0.4 is 11.1 Å². The number of carboxylic acids is 1. The third-order valence-electron chi connectivity index (χ3n) is 8.94. The first kappa shape index (κ1) is 45.0. The summed E-state index contributed by atoms with van der Waals surface area (Å²) in [5.41, 5.74) is 10.0. The molecule has 4 aromatic carbocycles. The Labute approximate surface area is 325 Å². The molecule has 0 saturated heterocycles. The number of carbonyl (C=O) groups excluding carboxylic acids is 1. The number of rotatable bonds is 15. The topological polar surface area (TPSA) is 139 Å². The van der Waals surface area contributed by atoms with E-state index < -0.39 is 5.97 Å². The van der Waals surface area contributed by atoms with Gasteiger partial charge in [-0.2, -0.15) is 0 Å². The standard InChI is InChI=1S/C21H27ClN2O2.C11H17ClN2O.C10H12O2/c1-15(17-7-5-4-6-8-17)11-21(26)23-14-18(24(2)3)12-16-9-10-20(25)19(22)13-16;1-14(2)9(7-13)5-8-3-4-11(15)10(12)6-8;1-8(7-10(11)12)9-5-3-2-4-6-9/h4-10,13,15,18,25H,11-12,14H2,1-3H3,(H,23,26);3-4,6,9,15H,5,7,13H2,1-2H3;2-6,8H,7H2,1H3,(H,11,12)/t15-,18+;9-;8-/m101/s1. The van der Waals surface area contributed by atoms with Gasteiger partial charge >= 0.3 is 5.97 Å². The van der Waals surface area contributed by atoms with Gasteiger partial charge in [0.25, 0.3) is 0 Å². The van der Waals surface area contributed by atoms with Gasteiger partial charge in [-0.1, -0.05) is 110 Å². The molecule has 0 aromatic heterocycles. The summed E-state index contributed by atoms with van der Waals surface area (Å²) in [5, 5.41) is 31.2. The highest BCUT2D eigenvalue weighted by atomic mass is 35.5. The molecule has 9 nitrogen and oxygen atoms in total. The average molecular weight is 768 g/mol. The van der Waals surface area contributed by atoms with E-state index >= 15 is 0 Å². The van der Waals surface area contributed by atoms with Crippen molar-refractivity contribution in [2.75, 3.05) is 41.3 Å². The Kier molecular flexibility index (Phi) is 20.0. The number of phenols is 2. The quantitative estimate of drug-likeness (QED) is 0.0836. The number of nitrogens with two attached hydrogens (primary N) is 1. The molecule has 0 spiro atoms. The summed E-state index contributed by atoms with van der Waals surface area (Å²) in [6.45, 7) is 5.15. The smallest absolute Gasteiger partial charge is 0.303 e. The largest absolute Gasteiger partial charge is 0.506 e. The number of aromatic hydroxyl groups is 2. The number of likely N-dealkylation sites (N-methyl/N-ethyl adjacent to an activating group) is 2. The molecule has 0 aliphatic heterocycles. The SMILES string of the molecule is CN(C)[C@H](CN)Cc1ccc(O)c(Cl)c1.C[C@H](CC(=O)NC[C@H](Cc1ccc(O)c(Cl)c1)N(C)C)c1ccccc1.C[C@H](CC(=O)O)c1ccccc1. The van der Waals surface area contributed by atoms with Crippen LogP contribution in [-0.2, 0) is 22.4 Å². The van der Waals surface area contributed by atoms with Gasteiger partial charge in [-0.05, 0) is 99.4 Å². The van der Waals surface area contributed by atoms with E-state index in [-0.39, 0.29) is 41.7 Å². The highest BCUT2D eigenvalue weighted by Gasteiger charge is 2.17. The Morgan fingerprint density at radius 1 is 0.679 bits per heavy atom. The van der Waals surface area contributed by atoms with Crippen molar-refractivity contribution in [2.45, 2.75) is 63.5 Å². The third kappa shape index (κ3) is 17.1. The molecule has 288 valence electrons. The van der Waals surface area contributed by atoms with Crippen LogP contribution in [-0.4, -0.2) is 90.4 Å². The fraction of sp³-hybridized carbons (Fsp3) is 0.381. The van der Waals surface area contributed by atoms with Gasteiger partial charge in [0, 0.05) is 31.6 Å². The fourth-order valence-corrected chi connectivity index (χ4v) is 5.86. The Balaban J connectivity index is 0.000000304. The van der Waals surface area contributed by atoms with Crippen molar-refractivity contribution in [1.82, 2.24) is 15.1 Å². The summed E-state index contributed by atoms with van der Waals surface area (Å²) in [5.74, 6) is -0.202. The predicted molar refractivity (Wildman–Crippen MR) is 217 cm³/mol. The lowest BCUT2D eigenvalue weighted by atomic mass is 9.97. The number of carboxylic acid groups (broad SMARTS) is 1. The van der Waals surface area contributed by atoms with E-state index in [1.165, 1.54) is 5.56 Å². The Morgan fingerprint density at radius 3 is 1.47 bits per heavy atom. The van der Waals surface area contributed by atoms with Gasteiger partial charge in [0.05, 0.1) is 16.5 Å². The summed E-state index contributed by atoms with van der Waals surface area (Å²) in [4.78, 5) is 26.9. The van der Waals surface area contributed by atoms with Gasteiger partial charge in [-0.3, -0.25) is 9.59 Å². The van der Waals surface area contributed by atoms with E-state index in [2.05, 4.69) is 34.2 Å². The van der Waals surface area contributed by atoms with Crippen molar-refractivity contribution in [3.05, 3.63) is 129 Å². The van der Waals surface area contributed by atoms with Gasteiger partial charge < -0.3 is 36.2 Å². The number of nitrogens with zero attached hydrogens (tertiary/aromatic N) is 2. The first-order valence-electron chi connectivity index (χ1n) is 17.7. The van der Waals surface area contributed by atoms with E-state index in [1.807, 2.05) is 95.8 Å². The minimum Gasteiger partial charge on any atom is -0.506 e. The third-order valence-corrected chi connectivity index (χ3v) is 9.55. The molecule has 0 aliphatic rings. The zero-order valence-electron chi connectivity index (χ0n) is 31.7. The van der Waals surface area contributed by atoms with Crippen molar-refractivity contribution in [3.63, 3.8) is 0 Å². The predicted octanol–water partition coefficient (Wildman–Crippen LogP) is 7.57. The molecule has 0 radical (unpaired) electrons. The number of aliphatic carboxylic acids is 1. The fourth-order valence-electron chi connectivity index (χ4n) is 5.46. The summed E-state index contributed by atoms with van der Waals surface area (Å²) in [7, 11) is 7.98. The Bertz CT molecular complexity index is 1680. The van der Waals surface area contributed by atoms with E-state index in [0.29, 0.717) is 35.6 Å². The van der Waals surface area contributed by atoms with Gasteiger partial charge in [-0.15, -0.1) is 0 Å². The maximum atomic E-state index is 12.3. The molecule has 0 heterocycles. The van der Waals surface area contributed by atoms with Crippen LogP contribution in [0.3, 0.4) is 0 Å².